The highest BCUT2D eigenvalue weighted by molar-refractivity contribution is 6.55. The van der Waals surface area contributed by atoms with Crippen molar-refractivity contribution < 1.29 is 9.59 Å². The van der Waals surface area contributed by atoms with E-state index in [1.807, 2.05) is 6.92 Å². The average Bonchev–Trinajstić information content (AvgIpc) is 2.55. The maximum Gasteiger partial charge on any atom is 0.299 e. The second kappa shape index (κ2) is 4.67. The Hall–Kier alpha value is -1.06. The van der Waals surface area contributed by atoms with E-state index in [0.717, 1.165) is 0 Å². The zero-order valence-electron chi connectivity index (χ0n) is 9.24. The van der Waals surface area contributed by atoms with Gasteiger partial charge in [-0.05, 0) is 18.1 Å². The topological polar surface area (TPSA) is 37.4 Å². The molecule has 1 atom stereocenters. The number of ketones is 1. The summed E-state index contributed by atoms with van der Waals surface area (Å²) in [7, 11) is 0. The van der Waals surface area contributed by atoms with E-state index < -0.39 is 11.7 Å². The molecule has 1 amide bonds. The lowest BCUT2D eigenvalue weighted by Crippen LogP contribution is -2.34. The fourth-order valence-electron chi connectivity index (χ4n) is 1.84. The van der Waals surface area contributed by atoms with Crippen LogP contribution < -0.4 is 4.90 Å². The number of carbonyl (C=O) groups is 2. The number of hydrogen-bond donors (Lipinski definition) is 0. The summed E-state index contributed by atoms with van der Waals surface area (Å²) >= 11 is 11.7. The predicted octanol–water partition coefficient (Wildman–Crippen LogP) is 2.74. The van der Waals surface area contributed by atoms with Gasteiger partial charge in [-0.3, -0.25) is 9.59 Å². The third-order valence-corrected chi connectivity index (χ3v) is 3.55. The second-order valence-electron chi connectivity index (χ2n) is 4.14. The Labute approximate surface area is 109 Å². The summed E-state index contributed by atoms with van der Waals surface area (Å²) in [6.07, 6.45) is 0. The van der Waals surface area contributed by atoms with Gasteiger partial charge >= 0.3 is 0 Å². The maximum absolute atomic E-state index is 11.8. The molecule has 0 radical (unpaired) electrons. The van der Waals surface area contributed by atoms with Crippen molar-refractivity contribution in [3.63, 3.8) is 0 Å². The molecule has 1 aliphatic rings. The van der Waals surface area contributed by atoms with Crippen molar-refractivity contribution in [1.82, 2.24) is 0 Å². The molecule has 2 rings (SSSR count). The molecule has 0 fully saturated rings. The number of anilines is 1. The number of Topliss-reactive ketones (excluding diaryl/α,β-unsaturated/α-hetero) is 1. The van der Waals surface area contributed by atoms with E-state index >= 15 is 0 Å². The second-order valence-corrected chi connectivity index (χ2v) is 4.85. The normalized spacial score (nSPS) is 16.3. The lowest BCUT2D eigenvalue weighted by atomic mass is 10.1. The van der Waals surface area contributed by atoms with Crippen molar-refractivity contribution in [2.24, 2.45) is 5.92 Å². The summed E-state index contributed by atoms with van der Waals surface area (Å²) in [6.45, 7) is 2.36. The molecule has 1 heterocycles. The molecule has 0 aromatic heterocycles. The van der Waals surface area contributed by atoms with Crippen LogP contribution in [0.1, 0.15) is 17.3 Å². The molecule has 0 aliphatic carbocycles. The Morgan fingerprint density at radius 2 is 2.06 bits per heavy atom. The third kappa shape index (κ3) is 2.05. The van der Waals surface area contributed by atoms with Crippen LogP contribution >= 0.6 is 23.2 Å². The van der Waals surface area contributed by atoms with E-state index in [0.29, 0.717) is 28.7 Å². The number of rotatable bonds is 3. The van der Waals surface area contributed by atoms with E-state index in [9.17, 15) is 9.59 Å². The molecule has 3 nitrogen and oxygen atoms in total. The zero-order chi connectivity index (χ0) is 12.6. The van der Waals surface area contributed by atoms with Gasteiger partial charge in [0, 0.05) is 12.4 Å². The molecular formula is C12H11Cl2NO2. The van der Waals surface area contributed by atoms with Crippen molar-refractivity contribution in [1.29, 1.82) is 0 Å². The van der Waals surface area contributed by atoms with Crippen LogP contribution in [0.15, 0.2) is 18.2 Å². The molecule has 1 aromatic rings. The van der Waals surface area contributed by atoms with Gasteiger partial charge in [0.15, 0.2) is 0 Å². The SMILES string of the molecule is CC(CCl)CN1C(=O)C(=O)c2c(Cl)cccc21. The van der Waals surface area contributed by atoms with Crippen molar-refractivity contribution in [3.05, 3.63) is 28.8 Å². The molecule has 90 valence electrons. The number of halogens is 2. The van der Waals surface area contributed by atoms with Crippen molar-refractivity contribution >= 4 is 40.6 Å². The van der Waals surface area contributed by atoms with Crippen LogP contribution in [-0.2, 0) is 4.79 Å². The highest BCUT2D eigenvalue weighted by atomic mass is 35.5. The molecule has 17 heavy (non-hydrogen) atoms. The standard InChI is InChI=1S/C12H11Cl2NO2/c1-7(5-13)6-15-9-4-2-3-8(14)10(9)11(16)12(15)17/h2-4,7H,5-6H2,1H3. The minimum Gasteiger partial charge on any atom is -0.304 e. The largest absolute Gasteiger partial charge is 0.304 e. The highest BCUT2D eigenvalue weighted by Crippen LogP contribution is 2.34. The first-order chi connectivity index (χ1) is 8.06. The van der Waals surface area contributed by atoms with Crippen molar-refractivity contribution in [3.8, 4) is 0 Å². The predicted molar refractivity (Wildman–Crippen MR) is 68.0 cm³/mol. The van der Waals surface area contributed by atoms with Crippen LogP contribution in [0.5, 0.6) is 0 Å². The van der Waals surface area contributed by atoms with Crippen LogP contribution in [0.4, 0.5) is 5.69 Å². The highest BCUT2D eigenvalue weighted by Gasteiger charge is 2.37. The Morgan fingerprint density at radius 1 is 1.35 bits per heavy atom. The van der Waals surface area contributed by atoms with Crippen LogP contribution in [-0.4, -0.2) is 24.1 Å². The van der Waals surface area contributed by atoms with E-state index in [1.54, 1.807) is 18.2 Å². The van der Waals surface area contributed by atoms with E-state index in [1.165, 1.54) is 4.90 Å². The van der Waals surface area contributed by atoms with Gasteiger partial charge in [-0.15, -0.1) is 11.6 Å². The molecule has 0 saturated heterocycles. The molecule has 1 aromatic carbocycles. The minimum atomic E-state index is -0.535. The smallest absolute Gasteiger partial charge is 0.299 e. The number of carbonyl (C=O) groups excluding carboxylic acids is 2. The molecule has 0 spiro atoms. The first kappa shape index (κ1) is 12.4. The maximum atomic E-state index is 11.8. The summed E-state index contributed by atoms with van der Waals surface area (Å²) in [5.74, 6) is -0.496. The van der Waals surface area contributed by atoms with Crippen LogP contribution in [0.25, 0.3) is 0 Å². The fourth-order valence-corrected chi connectivity index (χ4v) is 2.20. The summed E-state index contributed by atoms with van der Waals surface area (Å²) in [5, 5.41) is 0.321. The summed E-state index contributed by atoms with van der Waals surface area (Å²) in [5.41, 5.74) is 0.894. The number of nitrogens with zero attached hydrogens (tertiary/aromatic N) is 1. The Kier molecular flexibility index (Phi) is 3.40. The first-order valence-corrected chi connectivity index (χ1v) is 6.18. The number of alkyl halides is 1. The molecule has 0 saturated carbocycles. The van der Waals surface area contributed by atoms with Gasteiger partial charge in [-0.25, -0.2) is 0 Å². The van der Waals surface area contributed by atoms with E-state index in [-0.39, 0.29) is 5.92 Å². The minimum absolute atomic E-state index is 0.123. The third-order valence-electron chi connectivity index (χ3n) is 2.71. The van der Waals surface area contributed by atoms with Crippen molar-refractivity contribution in [2.45, 2.75) is 6.92 Å². The van der Waals surface area contributed by atoms with Gasteiger partial charge < -0.3 is 4.90 Å². The lowest BCUT2D eigenvalue weighted by Gasteiger charge is -2.19. The van der Waals surface area contributed by atoms with Crippen LogP contribution in [0.2, 0.25) is 5.02 Å². The molecule has 0 bridgehead atoms. The molecule has 5 heteroatoms. The summed E-state index contributed by atoms with van der Waals surface area (Å²) in [4.78, 5) is 25.1. The van der Waals surface area contributed by atoms with Gasteiger partial charge in [0.1, 0.15) is 0 Å². The molecule has 1 aliphatic heterocycles. The fraction of sp³-hybridized carbons (Fsp3) is 0.333. The van der Waals surface area contributed by atoms with Crippen molar-refractivity contribution in [2.75, 3.05) is 17.3 Å². The Morgan fingerprint density at radius 3 is 2.71 bits per heavy atom. The summed E-state index contributed by atoms with van der Waals surface area (Å²) < 4.78 is 0. The van der Waals surface area contributed by atoms with E-state index in [2.05, 4.69) is 0 Å². The quantitative estimate of drug-likeness (QED) is 0.626. The zero-order valence-corrected chi connectivity index (χ0v) is 10.8. The van der Waals surface area contributed by atoms with Gasteiger partial charge in [0.25, 0.3) is 11.7 Å². The van der Waals surface area contributed by atoms with Crippen LogP contribution in [0.3, 0.4) is 0 Å². The van der Waals surface area contributed by atoms with Gasteiger partial charge in [-0.2, -0.15) is 0 Å². The average molecular weight is 272 g/mol. The van der Waals surface area contributed by atoms with Gasteiger partial charge in [0.05, 0.1) is 16.3 Å². The van der Waals surface area contributed by atoms with E-state index in [4.69, 9.17) is 23.2 Å². The summed E-state index contributed by atoms with van der Waals surface area (Å²) in [6, 6.07) is 5.07. The Balaban J connectivity index is 2.42. The number of amides is 1. The number of hydrogen-bond acceptors (Lipinski definition) is 2. The van der Waals surface area contributed by atoms with Gasteiger partial charge in [-0.1, -0.05) is 24.6 Å². The Bertz CT molecular complexity index is 487. The first-order valence-electron chi connectivity index (χ1n) is 5.27. The molecule has 1 unspecified atom stereocenters. The number of fused-ring (bicyclic) bond motifs is 1. The van der Waals surface area contributed by atoms with Gasteiger partial charge in [0.2, 0.25) is 0 Å². The molecular weight excluding hydrogens is 261 g/mol. The van der Waals surface area contributed by atoms with Crippen LogP contribution in [0, 0.1) is 5.92 Å². The molecule has 0 N–H and O–H groups in total. The number of benzene rings is 1. The lowest BCUT2D eigenvalue weighted by molar-refractivity contribution is -0.114. The monoisotopic (exact) mass is 271 g/mol.